The van der Waals surface area contributed by atoms with Crippen LogP contribution in [0.2, 0.25) is 0 Å². The average molecular weight is 376 g/mol. The average Bonchev–Trinajstić information content (AvgIpc) is 3.10. The molecule has 0 aliphatic carbocycles. The van der Waals surface area contributed by atoms with Crippen molar-refractivity contribution < 1.29 is 13.9 Å². The zero-order valence-electron chi connectivity index (χ0n) is 15.5. The highest BCUT2D eigenvalue weighted by Crippen LogP contribution is 2.23. The van der Waals surface area contributed by atoms with E-state index in [4.69, 9.17) is 9.15 Å². The van der Waals surface area contributed by atoms with E-state index >= 15 is 0 Å². The van der Waals surface area contributed by atoms with Crippen molar-refractivity contribution in [2.75, 3.05) is 13.2 Å². The Morgan fingerprint density at radius 1 is 1.14 bits per heavy atom. The largest absolute Gasteiger partial charge is 0.494 e. The van der Waals surface area contributed by atoms with Gasteiger partial charge in [-0.2, -0.15) is 0 Å². The van der Waals surface area contributed by atoms with Crippen LogP contribution in [-0.4, -0.2) is 24.0 Å². The van der Waals surface area contributed by atoms with Gasteiger partial charge in [0.05, 0.1) is 12.2 Å². The van der Waals surface area contributed by atoms with Crippen LogP contribution >= 0.6 is 0 Å². The fourth-order valence-electron chi connectivity index (χ4n) is 3.33. The fourth-order valence-corrected chi connectivity index (χ4v) is 3.33. The molecule has 1 amide bonds. The fraction of sp³-hybridized carbons (Fsp3) is 0.182. The summed E-state index contributed by atoms with van der Waals surface area (Å²) in [7, 11) is 0. The molecule has 4 aromatic rings. The molecule has 142 valence electrons. The van der Waals surface area contributed by atoms with Crippen molar-refractivity contribution in [1.29, 1.82) is 0 Å². The summed E-state index contributed by atoms with van der Waals surface area (Å²) in [5.41, 5.74) is 2.27. The Bertz CT molecular complexity index is 1210. The molecule has 6 nitrogen and oxygen atoms in total. The van der Waals surface area contributed by atoms with Gasteiger partial charge in [0, 0.05) is 41.2 Å². The molecule has 28 heavy (non-hydrogen) atoms. The molecule has 0 aliphatic heterocycles. The van der Waals surface area contributed by atoms with Gasteiger partial charge in [-0.25, -0.2) is 4.79 Å². The minimum absolute atomic E-state index is 0.299. The number of aromatic nitrogens is 1. The SMILES string of the molecule is CCOc1ccc2c(C(=O)NCCc3c[nH]c4ccccc34)cc(=O)oc2c1. The van der Waals surface area contributed by atoms with Gasteiger partial charge in [-0.1, -0.05) is 18.2 Å². The van der Waals surface area contributed by atoms with Crippen LogP contribution in [0.1, 0.15) is 22.8 Å². The molecule has 0 radical (unpaired) electrons. The lowest BCUT2D eigenvalue weighted by Gasteiger charge is -2.08. The van der Waals surface area contributed by atoms with Crippen molar-refractivity contribution in [1.82, 2.24) is 10.3 Å². The van der Waals surface area contributed by atoms with E-state index in [1.165, 1.54) is 6.07 Å². The van der Waals surface area contributed by atoms with Gasteiger partial charge in [0.15, 0.2) is 0 Å². The summed E-state index contributed by atoms with van der Waals surface area (Å²) < 4.78 is 10.7. The first-order valence-electron chi connectivity index (χ1n) is 9.19. The van der Waals surface area contributed by atoms with Crippen LogP contribution in [0.3, 0.4) is 0 Å². The number of amides is 1. The highest BCUT2D eigenvalue weighted by molar-refractivity contribution is 6.05. The molecular formula is C22H20N2O4. The summed E-state index contributed by atoms with van der Waals surface area (Å²) in [4.78, 5) is 27.8. The number of ether oxygens (including phenoxy) is 1. The van der Waals surface area contributed by atoms with Gasteiger partial charge in [0.1, 0.15) is 11.3 Å². The van der Waals surface area contributed by atoms with Gasteiger partial charge in [-0.15, -0.1) is 0 Å². The van der Waals surface area contributed by atoms with Crippen molar-refractivity contribution in [2.24, 2.45) is 0 Å². The molecule has 6 heteroatoms. The van der Waals surface area contributed by atoms with E-state index in [0.717, 1.165) is 16.5 Å². The molecule has 0 unspecified atom stereocenters. The highest BCUT2D eigenvalue weighted by Gasteiger charge is 2.14. The standard InChI is InChI=1S/C22H20N2O4/c1-2-27-15-7-8-17-18(12-21(25)28-20(17)11-15)22(26)23-10-9-14-13-24-19-6-4-3-5-16(14)19/h3-8,11-13,24H,2,9-10H2,1H3,(H,23,26). The Labute approximate surface area is 161 Å². The summed E-state index contributed by atoms with van der Waals surface area (Å²) in [5, 5.41) is 4.62. The zero-order chi connectivity index (χ0) is 19.5. The number of hydrogen-bond donors (Lipinski definition) is 2. The van der Waals surface area contributed by atoms with Crippen LogP contribution < -0.4 is 15.7 Å². The third-order valence-electron chi connectivity index (χ3n) is 4.63. The number of aromatic amines is 1. The van der Waals surface area contributed by atoms with Crippen LogP contribution in [0.25, 0.3) is 21.9 Å². The molecular weight excluding hydrogens is 356 g/mol. The third-order valence-corrected chi connectivity index (χ3v) is 4.63. The summed E-state index contributed by atoms with van der Waals surface area (Å²) in [6, 6.07) is 14.4. The van der Waals surface area contributed by atoms with Crippen LogP contribution in [0.5, 0.6) is 5.75 Å². The maximum absolute atomic E-state index is 12.7. The summed E-state index contributed by atoms with van der Waals surface area (Å²) in [5.74, 6) is 0.289. The number of rotatable bonds is 6. The second-order valence-electron chi connectivity index (χ2n) is 6.44. The molecule has 2 N–H and O–H groups in total. The van der Waals surface area contributed by atoms with E-state index in [1.54, 1.807) is 18.2 Å². The minimum Gasteiger partial charge on any atom is -0.494 e. The second kappa shape index (κ2) is 7.60. The molecule has 2 aromatic heterocycles. The lowest BCUT2D eigenvalue weighted by Crippen LogP contribution is -2.26. The molecule has 4 rings (SSSR count). The number of nitrogens with one attached hydrogen (secondary N) is 2. The normalized spacial score (nSPS) is 11.0. The van der Waals surface area contributed by atoms with Gasteiger partial charge < -0.3 is 19.5 Å². The molecule has 2 heterocycles. The first-order chi connectivity index (χ1) is 13.7. The number of fused-ring (bicyclic) bond motifs is 2. The van der Waals surface area contributed by atoms with Gasteiger partial charge >= 0.3 is 5.63 Å². The predicted molar refractivity (Wildman–Crippen MR) is 108 cm³/mol. The van der Waals surface area contributed by atoms with Crippen LogP contribution in [0.4, 0.5) is 0 Å². The molecule has 0 atom stereocenters. The molecule has 2 aromatic carbocycles. The second-order valence-corrected chi connectivity index (χ2v) is 6.44. The Morgan fingerprint density at radius 3 is 2.86 bits per heavy atom. The van der Waals surface area contributed by atoms with Crippen molar-refractivity contribution >= 4 is 27.8 Å². The van der Waals surface area contributed by atoms with Gasteiger partial charge in [-0.05, 0) is 37.1 Å². The van der Waals surface area contributed by atoms with Gasteiger partial charge in [0.25, 0.3) is 5.91 Å². The summed E-state index contributed by atoms with van der Waals surface area (Å²) in [6.45, 7) is 2.83. The Balaban J connectivity index is 1.53. The molecule has 0 spiro atoms. The number of carbonyl (C=O) groups is 1. The maximum atomic E-state index is 12.7. The van der Waals surface area contributed by atoms with Crippen molar-refractivity contribution in [2.45, 2.75) is 13.3 Å². The topological polar surface area (TPSA) is 84.3 Å². The molecule has 0 aliphatic rings. The lowest BCUT2D eigenvalue weighted by molar-refractivity contribution is 0.0955. The number of para-hydroxylation sites is 1. The number of hydrogen-bond acceptors (Lipinski definition) is 4. The van der Waals surface area contributed by atoms with Crippen molar-refractivity contribution in [3.05, 3.63) is 76.3 Å². The van der Waals surface area contributed by atoms with E-state index in [9.17, 15) is 9.59 Å². The van der Waals surface area contributed by atoms with Crippen LogP contribution in [0.15, 0.2) is 63.9 Å². The van der Waals surface area contributed by atoms with E-state index < -0.39 is 5.63 Å². The first-order valence-corrected chi connectivity index (χ1v) is 9.19. The smallest absolute Gasteiger partial charge is 0.337 e. The summed E-state index contributed by atoms with van der Waals surface area (Å²) >= 11 is 0. The minimum atomic E-state index is -0.567. The molecule has 0 bridgehead atoms. The van der Waals surface area contributed by atoms with E-state index in [-0.39, 0.29) is 5.91 Å². The number of H-pyrrole nitrogens is 1. The van der Waals surface area contributed by atoms with Crippen molar-refractivity contribution in [3.63, 3.8) is 0 Å². The molecule has 0 saturated carbocycles. The molecule has 0 fully saturated rings. The Kier molecular flexibility index (Phi) is 4.85. The maximum Gasteiger partial charge on any atom is 0.337 e. The highest BCUT2D eigenvalue weighted by atomic mass is 16.5. The summed E-state index contributed by atoms with van der Waals surface area (Å²) in [6.07, 6.45) is 2.64. The number of benzene rings is 2. The Morgan fingerprint density at radius 2 is 2.00 bits per heavy atom. The molecule has 0 saturated heterocycles. The third kappa shape index (κ3) is 3.49. The van der Waals surface area contributed by atoms with Gasteiger partial charge in [0.2, 0.25) is 0 Å². The monoisotopic (exact) mass is 376 g/mol. The van der Waals surface area contributed by atoms with E-state index in [0.29, 0.717) is 41.9 Å². The van der Waals surface area contributed by atoms with Crippen LogP contribution in [-0.2, 0) is 6.42 Å². The lowest BCUT2D eigenvalue weighted by atomic mass is 10.1. The van der Waals surface area contributed by atoms with Crippen LogP contribution in [0, 0.1) is 0 Å². The zero-order valence-corrected chi connectivity index (χ0v) is 15.5. The van der Waals surface area contributed by atoms with Crippen molar-refractivity contribution in [3.8, 4) is 5.75 Å². The van der Waals surface area contributed by atoms with Gasteiger partial charge in [-0.3, -0.25) is 4.79 Å². The Hall–Kier alpha value is -3.54. The predicted octanol–water partition coefficient (Wildman–Crippen LogP) is 3.65. The quantitative estimate of drug-likeness (QED) is 0.503. The first kappa shape index (κ1) is 17.9. The van der Waals surface area contributed by atoms with E-state index in [1.807, 2.05) is 31.3 Å². The van der Waals surface area contributed by atoms with E-state index in [2.05, 4.69) is 16.4 Å². The number of carbonyl (C=O) groups excluding carboxylic acids is 1.